The molecule has 7 heteroatoms. The van der Waals surface area contributed by atoms with Gasteiger partial charge in [0.05, 0.1) is 18.4 Å². The Bertz CT molecular complexity index is 817. The lowest BCUT2D eigenvalue weighted by molar-refractivity contribution is -0.134. The number of esters is 1. The molecule has 0 aliphatic carbocycles. The summed E-state index contributed by atoms with van der Waals surface area (Å²) in [5.74, 6) is 0.172. The first kappa shape index (κ1) is 20.1. The number of benzene rings is 2. The second-order valence-electron chi connectivity index (χ2n) is 6.34. The Morgan fingerprint density at radius 1 is 1.00 bits per heavy atom. The average Bonchev–Trinajstić information content (AvgIpc) is 2.77. The van der Waals surface area contributed by atoms with Crippen LogP contribution in [0.15, 0.2) is 53.4 Å². The van der Waals surface area contributed by atoms with E-state index in [-0.39, 0.29) is 12.5 Å². The Labute approximate surface area is 169 Å². The summed E-state index contributed by atoms with van der Waals surface area (Å²) in [6.45, 7) is 2.33. The van der Waals surface area contributed by atoms with Gasteiger partial charge < -0.3 is 19.3 Å². The number of piperazine rings is 1. The highest BCUT2D eigenvalue weighted by atomic mass is 32.2. The molecule has 6 nitrogen and oxygen atoms in total. The molecule has 0 aromatic heterocycles. The molecule has 0 bridgehead atoms. The van der Waals surface area contributed by atoms with E-state index >= 15 is 0 Å². The normalized spacial score (nSPS) is 13.9. The van der Waals surface area contributed by atoms with E-state index in [9.17, 15) is 9.59 Å². The SMILES string of the molecule is COc1ccccc1N1CCN(C(=O)COC(=O)c2ccc(SC)cc2)CC1. The maximum absolute atomic E-state index is 12.4. The minimum atomic E-state index is -0.478. The first-order valence-corrected chi connectivity index (χ1v) is 10.3. The van der Waals surface area contributed by atoms with Crippen LogP contribution in [0.25, 0.3) is 0 Å². The van der Waals surface area contributed by atoms with Crippen molar-refractivity contribution in [1.82, 2.24) is 4.90 Å². The van der Waals surface area contributed by atoms with Crippen LogP contribution in [0.5, 0.6) is 5.75 Å². The molecule has 1 fully saturated rings. The van der Waals surface area contributed by atoms with Gasteiger partial charge in [-0.3, -0.25) is 4.79 Å². The molecule has 0 saturated carbocycles. The van der Waals surface area contributed by atoms with E-state index in [1.165, 1.54) is 0 Å². The number of methoxy groups -OCH3 is 1. The summed E-state index contributed by atoms with van der Waals surface area (Å²) >= 11 is 1.60. The number of para-hydroxylation sites is 2. The molecule has 0 atom stereocenters. The molecule has 0 radical (unpaired) electrons. The van der Waals surface area contributed by atoms with E-state index in [0.717, 1.165) is 16.3 Å². The monoisotopic (exact) mass is 400 g/mol. The zero-order valence-electron chi connectivity index (χ0n) is 16.1. The summed E-state index contributed by atoms with van der Waals surface area (Å²) in [5, 5.41) is 0. The van der Waals surface area contributed by atoms with E-state index in [1.807, 2.05) is 42.7 Å². The van der Waals surface area contributed by atoms with Crippen molar-refractivity contribution < 1.29 is 19.1 Å². The number of hydrogen-bond acceptors (Lipinski definition) is 6. The highest BCUT2D eigenvalue weighted by Crippen LogP contribution is 2.28. The van der Waals surface area contributed by atoms with Gasteiger partial charge in [-0.1, -0.05) is 12.1 Å². The van der Waals surface area contributed by atoms with Gasteiger partial charge in [-0.05, 0) is 42.7 Å². The summed E-state index contributed by atoms with van der Waals surface area (Å²) in [6, 6.07) is 15.0. The van der Waals surface area contributed by atoms with Gasteiger partial charge in [0.25, 0.3) is 5.91 Å². The standard InChI is InChI=1S/C21H24N2O4S/c1-26-19-6-4-3-5-18(19)22-11-13-23(14-12-22)20(24)15-27-21(25)16-7-9-17(28-2)10-8-16/h3-10H,11-15H2,1-2H3. The first-order chi connectivity index (χ1) is 13.6. The van der Waals surface area contributed by atoms with Crippen LogP contribution in [-0.2, 0) is 9.53 Å². The number of hydrogen-bond donors (Lipinski definition) is 0. The molecule has 0 spiro atoms. The predicted molar refractivity (Wildman–Crippen MR) is 110 cm³/mol. The van der Waals surface area contributed by atoms with Crippen molar-refractivity contribution in [3.05, 3.63) is 54.1 Å². The van der Waals surface area contributed by atoms with Crippen molar-refractivity contribution in [2.24, 2.45) is 0 Å². The number of nitrogens with zero attached hydrogens (tertiary/aromatic N) is 2. The van der Waals surface area contributed by atoms with Crippen molar-refractivity contribution >= 4 is 29.3 Å². The third kappa shape index (κ3) is 4.78. The van der Waals surface area contributed by atoms with Crippen LogP contribution in [0.4, 0.5) is 5.69 Å². The maximum atomic E-state index is 12.4. The lowest BCUT2D eigenvalue weighted by Gasteiger charge is -2.36. The quantitative estimate of drug-likeness (QED) is 0.549. The number of carbonyl (C=O) groups is 2. The summed E-state index contributed by atoms with van der Waals surface area (Å²) < 4.78 is 10.6. The van der Waals surface area contributed by atoms with Gasteiger partial charge >= 0.3 is 5.97 Å². The number of ether oxygens (including phenoxy) is 2. The van der Waals surface area contributed by atoms with E-state index in [2.05, 4.69) is 4.90 Å². The molecule has 2 aromatic rings. The van der Waals surface area contributed by atoms with Gasteiger partial charge in [-0.15, -0.1) is 11.8 Å². The minimum absolute atomic E-state index is 0.172. The van der Waals surface area contributed by atoms with Crippen LogP contribution in [0.1, 0.15) is 10.4 Å². The lowest BCUT2D eigenvalue weighted by Crippen LogP contribution is -2.50. The highest BCUT2D eigenvalue weighted by molar-refractivity contribution is 7.98. The van der Waals surface area contributed by atoms with E-state index in [0.29, 0.717) is 31.7 Å². The molecule has 1 saturated heterocycles. The summed E-state index contributed by atoms with van der Waals surface area (Å²) in [7, 11) is 1.65. The van der Waals surface area contributed by atoms with Gasteiger partial charge in [0.1, 0.15) is 5.75 Å². The number of carbonyl (C=O) groups excluding carboxylic acids is 2. The Balaban J connectivity index is 1.49. The molecule has 28 heavy (non-hydrogen) atoms. The maximum Gasteiger partial charge on any atom is 0.338 e. The first-order valence-electron chi connectivity index (χ1n) is 9.09. The van der Waals surface area contributed by atoms with E-state index in [4.69, 9.17) is 9.47 Å². The Morgan fingerprint density at radius 3 is 2.32 bits per heavy atom. The van der Waals surface area contributed by atoms with Crippen LogP contribution >= 0.6 is 11.8 Å². The molecular formula is C21H24N2O4S. The zero-order valence-corrected chi connectivity index (χ0v) is 16.9. The van der Waals surface area contributed by atoms with Crippen LogP contribution in [-0.4, -0.2) is 62.9 Å². The molecule has 0 N–H and O–H groups in total. The molecule has 1 aliphatic heterocycles. The summed E-state index contributed by atoms with van der Waals surface area (Å²) in [6.07, 6.45) is 1.97. The van der Waals surface area contributed by atoms with Gasteiger partial charge in [-0.2, -0.15) is 0 Å². The van der Waals surface area contributed by atoms with Crippen molar-refractivity contribution in [2.45, 2.75) is 4.90 Å². The van der Waals surface area contributed by atoms with Crippen LogP contribution < -0.4 is 9.64 Å². The van der Waals surface area contributed by atoms with Crippen molar-refractivity contribution in [3.8, 4) is 5.75 Å². The Kier molecular flexibility index (Phi) is 6.81. The number of anilines is 1. The molecule has 2 aromatic carbocycles. The van der Waals surface area contributed by atoms with Gasteiger partial charge in [0, 0.05) is 31.1 Å². The number of rotatable bonds is 6. The highest BCUT2D eigenvalue weighted by Gasteiger charge is 2.23. The molecule has 148 valence electrons. The third-order valence-electron chi connectivity index (χ3n) is 4.71. The molecule has 1 amide bonds. The fraction of sp³-hybridized carbons (Fsp3) is 0.333. The summed E-state index contributed by atoms with van der Waals surface area (Å²) in [4.78, 5) is 29.5. The van der Waals surface area contributed by atoms with Gasteiger partial charge in [0.2, 0.25) is 0 Å². The van der Waals surface area contributed by atoms with Crippen LogP contribution in [0, 0.1) is 0 Å². The fourth-order valence-corrected chi connectivity index (χ4v) is 3.53. The lowest BCUT2D eigenvalue weighted by atomic mass is 10.2. The Hall–Kier alpha value is -2.67. The largest absolute Gasteiger partial charge is 0.495 e. The predicted octanol–water partition coefficient (Wildman–Crippen LogP) is 2.92. The van der Waals surface area contributed by atoms with Gasteiger partial charge in [-0.25, -0.2) is 4.79 Å². The Morgan fingerprint density at radius 2 is 1.68 bits per heavy atom. The minimum Gasteiger partial charge on any atom is -0.495 e. The van der Waals surface area contributed by atoms with Crippen molar-refractivity contribution in [1.29, 1.82) is 0 Å². The fourth-order valence-electron chi connectivity index (χ4n) is 3.12. The second-order valence-corrected chi connectivity index (χ2v) is 7.22. The van der Waals surface area contributed by atoms with Crippen molar-refractivity contribution in [3.63, 3.8) is 0 Å². The number of thioether (sulfide) groups is 1. The van der Waals surface area contributed by atoms with E-state index < -0.39 is 5.97 Å². The topological polar surface area (TPSA) is 59.1 Å². The molecule has 1 heterocycles. The number of amides is 1. The molecule has 0 unspecified atom stereocenters. The third-order valence-corrected chi connectivity index (χ3v) is 5.45. The summed E-state index contributed by atoms with van der Waals surface area (Å²) in [5.41, 5.74) is 1.48. The van der Waals surface area contributed by atoms with E-state index in [1.54, 1.807) is 35.9 Å². The molecular weight excluding hydrogens is 376 g/mol. The van der Waals surface area contributed by atoms with Crippen LogP contribution in [0.2, 0.25) is 0 Å². The second kappa shape index (κ2) is 9.50. The smallest absolute Gasteiger partial charge is 0.338 e. The van der Waals surface area contributed by atoms with Crippen molar-refractivity contribution in [2.75, 3.05) is 51.1 Å². The van der Waals surface area contributed by atoms with Gasteiger partial charge in [0.15, 0.2) is 6.61 Å². The zero-order chi connectivity index (χ0) is 19.9. The van der Waals surface area contributed by atoms with Crippen LogP contribution in [0.3, 0.4) is 0 Å². The average molecular weight is 401 g/mol. The molecule has 3 rings (SSSR count). The molecule has 1 aliphatic rings.